The van der Waals surface area contributed by atoms with Crippen LogP contribution in [0.15, 0.2) is 0 Å². The van der Waals surface area contributed by atoms with E-state index in [2.05, 4.69) is 10.6 Å². The van der Waals surface area contributed by atoms with Crippen LogP contribution >= 0.6 is 0 Å². The first-order chi connectivity index (χ1) is 8.13. The lowest BCUT2D eigenvalue weighted by molar-refractivity contribution is -0.157. The normalized spacial score (nSPS) is 18.5. The molecule has 7 heteroatoms. The molecule has 0 bridgehead atoms. The van der Waals surface area contributed by atoms with E-state index in [9.17, 15) is 14.4 Å². The number of amides is 2. The highest BCUT2D eigenvalue weighted by Gasteiger charge is 2.25. The number of esters is 1. The number of carbonyl (C=O) groups excluding carboxylic acids is 3. The highest BCUT2D eigenvalue weighted by molar-refractivity contribution is 5.86. The molecule has 0 saturated carbocycles. The molecule has 7 nitrogen and oxygen atoms in total. The molecule has 1 aliphatic rings. The highest BCUT2D eigenvalue weighted by atomic mass is 16.6. The van der Waals surface area contributed by atoms with Gasteiger partial charge >= 0.3 is 5.97 Å². The molecule has 1 heterocycles. The molecule has 1 saturated heterocycles. The Morgan fingerprint density at radius 3 is 2.71 bits per heavy atom. The monoisotopic (exact) mass is 244 g/mol. The maximum atomic E-state index is 11.3. The van der Waals surface area contributed by atoms with Crippen LogP contribution in [0, 0.1) is 0 Å². The second kappa shape index (κ2) is 6.85. The van der Waals surface area contributed by atoms with Crippen molar-refractivity contribution < 1.29 is 23.9 Å². The first kappa shape index (κ1) is 13.4. The number of likely N-dealkylation sites (N-methyl/N-ethyl adjacent to an activating group) is 1. The van der Waals surface area contributed by atoms with Crippen LogP contribution in [-0.4, -0.2) is 50.7 Å². The van der Waals surface area contributed by atoms with Gasteiger partial charge in [0.05, 0.1) is 6.54 Å². The quantitative estimate of drug-likeness (QED) is 0.578. The summed E-state index contributed by atoms with van der Waals surface area (Å²) in [6.45, 7) is 0.0190. The van der Waals surface area contributed by atoms with E-state index in [1.807, 2.05) is 0 Å². The molecule has 1 atom stereocenters. The first-order valence-corrected chi connectivity index (χ1v) is 5.39. The molecule has 0 aromatic carbocycles. The lowest BCUT2D eigenvalue weighted by Crippen LogP contribution is -2.38. The molecule has 0 unspecified atom stereocenters. The summed E-state index contributed by atoms with van der Waals surface area (Å²) >= 11 is 0. The van der Waals surface area contributed by atoms with Crippen molar-refractivity contribution in [3.63, 3.8) is 0 Å². The standard InChI is InChI=1S/C10H16N2O5/c1-11-8(13)5-12-9(14)6-17-10(15)7-3-2-4-16-7/h7H,2-6H2,1H3,(H,11,13)(H,12,14)/t7-/m0/s1. The summed E-state index contributed by atoms with van der Waals surface area (Å²) in [7, 11) is 1.46. The maximum absolute atomic E-state index is 11.3. The second-order valence-corrected chi connectivity index (χ2v) is 3.56. The minimum Gasteiger partial charge on any atom is -0.454 e. The van der Waals surface area contributed by atoms with E-state index < -0.39 is 24.6 Å². The molecule has 0 aliphatic carbocycles. The van der Waals surface area contributed by atoms with Gasteiger partial charge in [0, 0.05) is 13.7 Å². The Bertz CT molecular complexity index is 299. The molecular weight excluding hydrogens is 228 g/mol. The summed E-state index contributed by atoms with van der Waals surface area (Å²) in [4.78, 5) is 33.3. The summed E-state index contributed by atoms with van der Waals surface area (Å²) in [5, 5.41) is 4.66. The topological polar surface area (TPSA) is 93.7 Å². The molecule has 1 fully saturated rings. The summed E-state index contributed by atoms with van der Waals surface area (Å²) in [6.07, 6.45) is 0.892. The van der Waals surface area contributed by atoms with Gasteiger partial charge in [-0.2, -0.15) is 0 Å². The fourth-order valence-corrected chi connectivity index (χ4v) is 1.31. The number of nitrogens with one attached hydrogen (secondary N) is 2. The Balaban J connectivity index is 2.14. The van der Waals surface area contributed by atoms with Crippen molar-refractivity contribution in [2.24, 2.45) is 0 Å². The summed E-state index contributed by atoms with van der Waals surface area (Å²) in [6, 6.07) is 0. The Labute approximate surface area is 98.8 Å². The predicted molar refractivity (Wildman–Crippen MR) is 57.0 cm³/mol. The molecule has 2 N–H and O–H groups in total. The van der Waals surface area contributed by atoms with Gasteiger partial charge in [-0.25, -0.2) is 4.79 Å². The zero-order chi connectivity index (χ0) is 12.7. The van der Waals surface area contributed by atoms with Crippen molar-refractivity contribution in [2.75, 3.05) is 26.8 Å². The minimum atomic E-state index is -0.554. The van der Waals surface area contributed by atoms with Gasteiger partial charge in [-0.1, -0.05) is 0 Å². The van der Waals surface area contributed by atoms with Gasteiger partial charge in [0.25, 0.3) is 5.91 Å². The lowest BCUT2D eigenvalue weighted by atomic mass is 10.2. The van der Waals surface area contributed by atoms with Gasteiger partial charge in [0.2, 0.25) is 5.91 Å². The number of ether oxygens (including phenoxy) is 2. The summed E-state index contributed by atoms with van der Waals surface area (Å²) in [5.74, 6) is -1.36. The zero-order valence-corrected chi connectivity index (χ0v) is 9.65. The van der Waals surface area contributed by atoms with Crippen molar-refractivity contribution in [2.45, 2.75) is 18.9 Å². The van der Waals surface area contributed by atoms with E-state index in [0.717, 1.165) is 6.42 Å². The van der Waals surface area contributed by atoms with Crippen LogP contribution in [-0.2, 0) is 23.9 Å². The van der Waals surface area contributed by atoms with Gasteiger partial charge < -0.3 is 20.1 Å². The van der Waals surface area contributed by atoms with Crippen molar-refractivity contribution >= 4 is 17.8 Å². The molecule has 0 aromatic rings. The average molecular weight is 244 g/mol. The van der Waals surface area contributed by atoms with Crippen molar-refractivity contribution in [1.29, 1.82) is 0 Å². The molecule has 0 radical (unpaired) electrons. The smallest absolute Gasteiger partial charge is 0.335 e. The third-order valence-corrected chi connectivity index (χ3v) is 2.26. The van der Waals surface area contributed by atoms with E-state index >= 15 is 0 Å². The summed E-state index contributed by atoms with van der Waals surface area (Å²) < 4.78 is 9.84. The number of hydrogen-bond donors (Lipinski definition) is 2. The van der Waals surface area contributed by atoms with Gasteiger partial charge in [0.15, 0.2) is 12.7 Å². The largest absolute Gasteiger partial charge is 0.454 e. The van der Waals surface area contributed by atoms with Crippen LogP contribution in [0.3, 0.4) is 0 Å². The van der Waals surface area contributed by atoms with Gasteiger partial charge in [0.1, 0.15) is 0 Å². The third-order valence-electron chi connectivity index (χ3n) is 2.26. The zero-order valence-electron chi connectivity index (χ0n) is 9.65. The minimum absolute atomic E-state index is 0.132. The second-order valence-electron chi connectivity index (χ2n) is 3.56. The lowest BCUT2D eigenvalue weighted by Gasteiger charge is -2.09. The predicted octanol–water partition coefficient (Wildman–Crippen LogP) is -1.43. The number of carbonyl (C=O) groups is 3. The molecule has 17 heavy (non-hydrogen) atoms. The molecule has 1 aliphatic heterocycles. The number of hydrogen-bond acceptors (Lipinski definition) is 5. The summed E-state index contributed by atoms with van der Waals surface area (Å²) in [5.41, 5.74) is 0. The molecule has 96 valence electrons. The highest BCUT2D eigenvalue weighted by Crippen LogP contribution is 2.12. The third kappa shape index (κ3) is 4.81. The van der Waals surface area contributed by atoms with Crippen LogP contribution in [0.25, 0.3) is 0 Å². The van der Waals surface area contributed by atoms with E-state index in [-0.39, 0.29) is 12.5 Å². The van der Waals surface area contributed by atoms with E-state index in [4.69, 9.17) is 9.47 Å². The van der Waals surface area contributed by atoms with Crippen LogP contribution in [0.4, 0.5) is 0 Å². The van der Waals surface area contributed by atoms with Crippen LogP contribution in [0.2, 0.25) is 0 Å². The molecule has 1 rings (SSSR count). The van der Waals surface area contributed by atoms with E-state index in [0.29, 0.717) is 13.0 Å². The van der Waals surface area contributed by atoms with Gasteiger partial charge in [-0.3, -0.25) is 9.59 Å². The Kier molecular flexibility index (Phi) is 5.41. The van der Waals surface area contributed by atoms with E-state index in [1.165, 1.54) is 7.05 Å². The van der Waals surface area contributed by atoms with Gasteiger partial charge in [-0.05, 0) is 12.8 Å². The van der Waals surface area contributed by atoms with Crippen LogP contribution in [0.5, 0.6) is 0 Å². The van der Waals surface area contributed by atoms with Gasteiger partial charge in [-0.15, -0.1) is 0 Å². The first-order valence-electron chi connectivity index (χ1n) is 5.39. The molecule has 0 spiro atoms. The average Bonchev–Trinajstić information content (AvgIpc) is 2.86. The fourth-order valence-electron chi connectivity index (χ4n) is 1.31. The van der Waals surface area contributed by atoms with Crippen molar-refractivity contribution in [3.8, 4) is 0 Å². The Hall–Kier alpha value is -1.63. The molecular formula is C10H16N2O5. The van der Waals surface area contributed by atoms with Crippen molar-refractivity contribution in [1.82, 2.24) is 10.6 Å². The van der Waals surface area contributed by atoms with Crippen molar-refractivity contribution in [3.05, 3.63) is 0 Å². The molecule has 2 amide bonds. The van der Waals surface area contributed by atoms with Crippen LogP contribution < -0.4 is 10.6 Å². The number of rotatable bonds is 5. The Morgan fingerprint density at radius 2 is 2.12 bits per heavy atom. The Morgan fingerprint density at radius 1 is 1.35 bits per heavy atom. The fraction of sp³-hybridized carbons (Fsp3) is 0.700. The SMILES string of the molecule is CNC(=O)CNC(=O)COC(=O)[C@@H]1CCCO1. The van der Waals surface area contributed by atoms with Crippen LogP contribution in [0.1, 0.15) is 12.8 Å². The van der Waals surface area contributed by atoms with E-state index in [1.54, 1.807) is 0 Å². The molecule has 0 aromatic heterocycles. The maximum Gasteiger partial charge on any atom is 0.335 e.